The summed E-state index contributed by atoms with van der Waals surface area (Å²) >= 11 is 1.04. The molecule has 0 radical (unpaired) electrons. The molecule has 2 aliphatic rings. The second-order valence-electron chi connectivity index (χ2n) is 10.3. The van der Waals surface area contributed by atoms with Crippen LogP contribution in [0.15, 0.2) is 59.4 Å². The third-order valence-electron chi connectivity index (χ3n) is 7.17. The number of urea groups is 1. The van der Waals surface area contributed by atoms with Crippen molar-refractivity contribution in [2.75, 3.05) is 26.2 Å². The third-order valence-corrected chi connectivity index (χ3v) is 8.08. The van der Waals surface area contributed by atoms with E-state index in [0.717, 1.165) is 33.5 Å². The monoisotopic (exact) mass is 596 g/mol. The van der Waals surface area contributed by atoms with E-state index in [2.05, 4.69) is 15.2 Å². The molecule has 0 saturated carbocycles. The zero-order valence-corrected chi connectivity index (χ0v) is 23.7. The van der Waals surface area contributed by atoms with Gasteiger partial charge in [0.15, 0.2) is 0 Å². The fourth-order valence-corrected chi connectivity index (χ4v) is 5.77. The molecule has 0 aliphatic carbocycles. The lowest BCUT2D eigenvalue weighted by atomic mass is 10.1. The van der Waals surface area contributed by atoms with Gasteiger partial charge in [0, 0.05) is 54.2 Å². The Morgan fingerprint density at radius 3 is 2.57 bits per heavy atom. The van der Waals surface area contributed by atoms with Gasteiger partial charge in [-0.2, -0.15) is 5.10 Å². The van der Waals surface area contributed by atoms with Gasteiger partial charge in [-0.1, -0.05) is 29.5 Å². The molecule has 0 spiro atoms. The van der Waals surface area contributed by atoms with E-state index in [1.54, 1.807) is 29.2 Å². The number of nitrogens with zero attached hydrogens (tertiary/aromatic N) is 4. The van der Waals surface area contributed by atoms with Gasteiger partial charge in [0.2, 0.25) is 5.91 Å². The van der Waals surface area contributed by atoms with E-state index in [1.165, 1.54) is 4.90 Å². The molecule has 3 N–H and O–H groups in total. The number of likely N-dealkylation sites (tertiary alicyclic amines) is 2. The fourth-order valence-electron chi connectivity index (χ4n) is 5.04. The number of rotatable bonds is 5. The molecule has 220 valence electrons. The maximum Gasteiger partial charge on any atom is 0.322 e. The minimum Gasteiger partial charge on any atom is -0.489 e. The van der Waals surface area contributed by atoms with Crippen molar-refractivity contribution < 1.29 is 23.1 Å². The van der Waals surface area contributed by atoms with Crippen LogP contribution in [-0.2, 0) is 6.61 Å². The molecule has 6 rings (SSSR count). The summed E-state index contributed by atoms with van der Waals surface area (Å²) in [6.07, 6.45) is 0.438. The number of aromatic nitrogens is 3. The number of hydrogen-bond acceptors (Lipinski definition) is 7. The van der Waals surface area contributed by atoms with Crippen molar-refractivity contribution in [3.63, 3.8) is 0 Å². The number of fused-ring (bicyclic) bond motifs is 1. The van der Waals surface area contributed by atoms with Gasteiger partial charge in [-0.3, -0.25) is 14.6 Å². The largest absolute Gasteiger partial charge is 0.489 e. The van der Waals surface area contributed by atoms with Gasteiger partial charge >= 0.3 is 10.9 Å². The van der Waals surface area contributed by atoms with E-state index >= 15 is 0 Å². The normalized spacial score (nSPS) is 17.6. The third kappa shape index (κ3) is 6.90. The Balaban J connectivity index is 0.000000169. The summed E-state index contributed by atoms with van der Waals surface area (Å²) in [4.78, 5) is 41.3. The number of carbonyl (C=O) groups excluding carboxylic acids is 2. The van der Waals surface area contributed by atoms with E-state index in [-0.39, 0.29) is 29.8 Å². The molecule has 3 amide bonds. The zero-order valence-electron chi connectivity index (χ0n) is 22.9. The number of carbonyl (C=O) groups is 2. The highest BCUT2D eigenvalue weighted by molar-refractivity contribution is 7.08. The number of pyridine rings is 1. The van der Waals surface area contributed by atoms with Crippen LogP contribution < -0.4 is 15.3 Å². The fraction of sp³-hybridized carbons (Fsp3) is 0.345. The molecule has 1 atom stereocenters. The quantitative estimate of drug-likeness (QED) is 0.353. The molecule has 2 aliphatic heterocycles. The molecule has 13 heteroatoms. The topological polar surface area (TPSA) is 135 Å². The molecule has 0 bridgehead atoms. The van der Waals surface area contributed by atoms with Gasteiger partial charge in [0.1, 0.15) is 17.4 Å². The average molecular weight is 597 g/mol. The zero-order chi connectivity index (χ0) is 29.9. The van der Waals surface area contributed by atoms with E-state index < -0.39 is 18.4 Å². The highest BCUT2D eigenvalue weighted by atomic mass is 32.1. The van der Waals surface area contributed by atoms with Crippen LogP contribution in [-0.4, -0.2) is 69.0 Å². The van der Waals surface area contributed by atoms with Crippen LogP contribution in [0.5, 0.6) is 5.75 Å². The number of para-hydroxylation sites is 1. The number of benzene rings is 2. The molecule has 42 heavy (non-hydrogen) atoms. The smallest absolute Gasteiger partial charge is 0.322 e. The second kappa shape index (κ2) is 12.2. The number of alkyl halides is 2. The Bertz CT molecular complexity index is 1640. The van der Waals surface area contributed by atoms with E-state index in [0.29, 0.717) is 42.4 Å². The minimum absolute atomic E-state index is 0.0195. The number of aromatic amines is 1. The first-order chi connectivity index (χ1) is 20.1. The number of amides is 3. The molecule has 2 aromatic heterocycles. The average Bonchev–Trinajstić information content (AvgIpc) is 3.71. The number of primary amides is 1. The van der Waals surface area contributed by atoms with E-state index in [1.807, 2.05) is 37.3 Å². The maximum atomic E-state index is 13.1. The van der Waals surface area contributed by atoms with Crippen LogP contribution in [0.2, 0.25) is 0 Å². The van der Waals surface area contributed by atoms with Crippen molar-refractivity contribution in [2.24, 2.45) is 5.73 Å². The first-order valence-corrected chi connectivity index (χ1v) is 14.2. The number of aryl methyl sites for hydroxylation is 1. The summed E-state index contributed by atoms with van der Waals surface area (Å²) in [6.45, 7) is 2.96. The van der Waals surface area contributed by atoms with Gasteiger partial charge in [-0.15, -0.1) is 0 Å². The molecule has 2 fully saturated rings. The first kappa shape index (κ1) is 29.1. The Morgan fingerprint density at radius 1 is 1.14 bits per heavy atom. The number of nitrogens with two attached hydrogens (primary N) is 1. The summed E-state index contributed by atoms with van der Waals surface area (Å²) < 4.78 is 32.1. The molecule has 2 aromatic carbocycles. The van der Waals surface area contributed by atoms with Crippen LogP contribution in [0.1, 0.15) is 45.4 Å². The molecule has 0 unspecified atom stereocenters. The number of nitrogens with one attached hydrogen (secondary N) is 1. The van der Waals surface area contributed by atoms with E-state index in [4.69, 9.17) is 10.5 Å². The lowest BCUT2D eigenvalue weighted by Crippen LogP contribution is -2.41. The van der Waals surface area contributed by atoms with Crippen molar-refractivity contribution in [3.8, 4) is 5.75 Å². The lowest BCUT2D eigenvalue weighted by molar-refractivity contribution is 0.0141. The van der Waals surface area contributed by atoms with Crippen molar-refractivity contribution in [1.29, 1.82) is 0 Å². The number of hydrogen-bond donors (Lipinski definition) is 2. The van der Waals surface area contributed by atoms with Gasteiger partial charge < -0.3 is 20.3 Å². The maximum absolute atomic E-state index is 13.1. The molecule has 4 aromatic rings. The summed E-state index contributed by atoms with van der Waals surface area (Å²) in [7, 11) is 0. The predicted octanol–water partition coefficient (Wildman–Crippen LogP) is 4.30. The van der Waals surface area contributed by atoms with Gasteiger partial charge in [0.25, 0.3) is 5.92 Å². The number of halogens is 2. The van der Waals surface area contributed by atoms with Crippen molar-refractivity contribution in [2.45, 2.75) is 38.2 Å². The van der Waals surface area contributed by atoms with Crippen molar-refractivity contribution in [1.82, 2.24) is 25.0 Å². The highest BCUT2D eigenvalue weighted by Gasteiger charge is 2.42. The standard InChI is InChI=1S/C18H16N2O2.C11H14F2N4O2S/c1-12-10-14(16-4-2-3-5-17(16)20-12)11-22-15-8-6-13(7-9-15)18(19)21;12-11(13)2-4-17(6-11)10(19)16-3-1-7(5-16)8-14-15-9(18)20-8/h2-10H,11H2,1H3,(H2,19,21);7H,1-6H2,(H,15,18)/t;7-/m.1/s1. The summed E-state index contributed by atoms with van der Waals surface area (Å²) in [5, 5.41) is 8.04. The predicted molar refractivity (Wildman–Crippen MR) is 154 cm³/mol. The van der Waals surface area contributed by atoms with Gasteiger partial charge in [-0.25, -0.2) is 18.7 Å². The number of H-pyrrole nitrogens is 1. The number of ether oxygens (including phenoxy) is 1. The second-order valence-corrected chi connectivity index (χ2v) is 11.3. The summed E-state index contributed by atoms with van der Waals surface area (Å²) in [6, 6.07) is 16.5. The molecular weight excluding hydrogens is 566 g/mol. The van der Waals surface area contributed by atoms with Gasteiger partial charge in [0.05, 0.1) is 12.1 Å². The molecule has 2 saturated heterocycles. The van der Waals surface area contributed by atoms with Crippen LogP contribution in [0.25, 0.3) is 10.9 Å². The van der Waals surface area contributed by atoms with Crippen molar-refractivity contribution in [3.05, 3.63) is 86.1 Å². The Kier molecular flexibility index (Phi) is 8.48. The lowest BCUT2D eigenvalue weighted by Gasteiger charge is -2.24. The summed E-state index contributed by atoms with van der Waals surface area (Å²) in [5.74, 6) is -2.49. The molecule has 4 heterocycles. The van der Waals surface area contributed by atoms with Crippen LogP contribution in [0, 0.1) is 6.92 Å². The summed E-state index contributed by atoms with van der Waals surface area (Å²) in [5.41, 5.74) is 8.70. The van der Waals surface area contributed by atoms with Crippen LogP contribution in [0.4, 0.5) is 13.6 Å². The molecule has 10 nitrogen and oxygen atoms in total. The van der Waals surface area contributed by atoms with Gasteiger partial charge in [-0.05, 0) is 49.7 Å². The van der Waals surface area contributed by atoms with Crippen molar-refractivity contribution >= 4 is 34.2 Å². The van der Waals surface area contributed by atoms with Crippen LogP contribution >= 0.6 is 11.3 Å². The van der Waals surface area contributed by atoms with Crippen LogP contribution in [0.3, 0.4) is 0 Å². The Labute approximate surface area is 244 Å². The minimum atomic E-state index is -2.77. The highest BCUT2D eigenvalue weighted by Crippen LogP contribution is 2.31. The van der Waals surface area contributed by atoms with E-state index in [9.17, 15) is 23.2 Å². The SMILES string of the molecule is Cc1cc(COc2ccc(C(N)=O)cc2)c2ccccc2n1.O=C(N1CC[C@@H](c2n[nH]c(=O)s2)C1)N1CCC(F)(F)C1. The molecular formula is C29H30F2N6O4S. The Hall–Kier alpha value is -4.39. The Morgan fingerprint density at radius 2 is 1.90 bits per heavy atom. The first-order valence-electron chi connectivity index (χ1n) is 13.4.